The molecule has 0 saturated carbocycles. The van der Waals surface area contributed by atoms with Crippen LogP contribution in [0.5, 0.6) is 0 Å². The third kappa shape index (κ3) is 4.03. The Morgan fingerprint density at radius 2 is 2.16 bits per heavy atom. The van der Waals surface area contributed by atoms with Crippen molar-refractivity contribution in [1.29, 1.82) is 0 Å². The van der Waals surface area contributed by atoms with Gasteiger partial charge in [-0.2, -0.15) is 0 Å². The summed E-state index contributed by atoms with van der Waals surface area (Å²) in [6, 6.07) is 0.199. The average molecular weight is 267 g/mol. The van der Waals surface area contributed by atoms with Crippen molar-refractivity contribution >= 4 is 0 Å². The van der Waals surface area contributed by atoms with E-state index in [1.165, 1.54) is 0 Å². The Morgan fingerprint density at radius 1 is 1.37 bits per heavy atom. The molecule has 0 aromatic carbocycles. The SMILES string of the molecule is CCCNC(CC1OCCO1)c1nccn1CCC. The molecule has 1 aromatic heterocycles. The highest BCUT2D eigenvalue weighted by Gasteiger charge is 2.24. The van der Waals surface area contributed by atoms with Gasteiger partial charge in [0.1, 0.15) is 5.82 Å². The van der Waals surface area contributed by atoms with E-state index < -0.39 is 0 Å². The first-order valence-electron chi connectivity index (χ1n) is 7.32. The fourth-order valence-electron chi connectivity index (χ4n) is 2.40. The van der Waals surface area contributed by atoms with Gasteiger partial charge in [-0.05, 0) is 19.4 Å². The van der Waals surface area contributed by atoms with Crippen LogP contribution < -0.4 is 5.32 Å². The summed E-state index contributed by atoms with van der Waals surface area (Å²) in [6.45, 7) is 7.75. The van der Waals surface area contributed by atoms with E-state index in [9.17, 15) is 0 Å². The van der Waals surface area contributed by atoms with Gasteiger partial charge in [-0.1, -0.05) is 13.8 Å². The molecule has 1 aliphatic rings. The van der Waals surface area contributed by atoms with E-state index in [1.807, 2.05) is 6.20 Å². The number of rotatable bonds is 8. The lowest BCUT2D eigenvalue weighted by atomic mass is 10.1. The zero-order chi connectivity index (χ0) is 13.5. The molecule has 19 heavy (non-hydrogen) atoms. The molecule has 2 heterocycles. The summed E-state index contributed by atoms with van der Waals surface area (Å²) in [5.74, 6) is 1.09. The van der Waals surface area contributed by atoms with E-state index in [2.05, 4.69) is 34.9 Å². The van der Waals surface area contributed by atoms with Crippen LogP contribution in [0.15, 0.2) is 12.4 Å². The van der Waals surface area contributed by atoms with Gasteiger partial charge in [-0.3, -0.25) is 0 Å². The molecule has 5 nitrogen and oxygen atoms in total. The second kappa shape index (κ2) is 7.62. The van der Waals surface area contributed by atoms with Gasteiger partial charge in [0, 0.05) is 25.4 Å². The van der Waals surface area contributed by atoms with Gasteiger partial charge >= 0.3 is 0 Å². The summed E-state index contributed by atoms with van der Waals surface area (Å²) < 4.78 is 13.3. The fraction of sp³-hybridized carbons (Fsp3) is 0.786. The standard InChI is InChI=1S/C14H25N3O2/c1-3-5-15-12(11-13-18-9-10-19-13)14-16-6-8-17(14)7-4-2/h6,8,12-13,15H,3-5,7,9-11H2,1-2H3. The molecule has 1 N–H and O–H groups in total. The lowest BCUT2D eigenvalue weighted by Gasteiger charge is -2.21. The molecule has 1 aliphatic heterocycles. The van der Waals surface area contributed by atoms with Crippen LogP contribution in [-0.4, -0.2) is 35.6 Å². The molecule has 2 rings (SSSR count). The van der Waals surface area contributed by atoms with Gasteiger partial charge in [0.25, 0.3) is 0 Å². The molecule has 0 aliphatic carbocycles. The molecule has 0 radical (unpaired) electrons. The molecule has 0 spiro atoms. The molecule has 0 bridgehead atoms. The van der Waals surface area contributed by atoms with Gasteiger partial charge in [-0.25, -0.2) is 4.98 Å². The Kier molecular flexibility index (Phi) is 5.82. The van der Waals surface area contributed by atoms with E-state index >= 15 is 0 Å². The van der Waals surface area contributed by atoms with E-state index in [0.29, 0.717) is 13.2 Å². The van der Waals surface area contributed by atoms with E-state index in [-0.39, 0.29) is 12.3 Å². The van der Waals surface area contributed by atoms with Crippen molar-refractivity contribution in [3.63, 3.8) is 0 Å². The maximum Gasteiger partial charge on any atom is 0.159 e. The van der Waals surface area contributed by atoms with Crippen LogP contribution >= 0.6 is 0 Å². The number of hydrogen-bond donors (Lipinski definition) is 1. The van der Waals surface area contributed by atoms with Gasteiger partial charge in [0.05, 0.1) is 19.3 Å². The van der Waals surface area contributed by atoms with Crippen molar-refractivity contribution in [2.45, 2.75) is 52.0 Å². The molecular formula is C14H25N3O2. The van der Waals surface area contributed by atoms with Crippen LogP contribution in [0.4, 0.5) is 0 Å². The minimum absolute atomic E-state index is 0.0962. The highest BCUT2D eigenvalue weighted by molar-refractivity contribution is 5.00. The third-order valence-electron chi connectivity index (χ3n) is 3.28. The quantitative estimate of drug-likeness (QED) is 0.783. The van der Waals surface area contributed by atoms with Gasteiger partial charge in [0.15, 0.2) is 6.29 Å². The number of nitrogens with zero attached hydrogens (tertiary/aromatic N) is 2. The van der Waals surface area contributed by atoms with Gasteiger partial charge in [0.2, 0.25) is 0 Å². The minimum atomic E-state index is -0.0962. The molecule has 0 amide bonds. The first-order chi connectivity index (χ1) is 9.35. The largest absolute Gasteiger partial charge is 0.350 e. The first kappa shape index (κ1) is 14.5. The predicted octanol–water partition coefficient (Wildman–Crippen LogP) is 2.10. The minimum Gasteiger partial charge on any atom is -0.350 e. The predicted molar refractivity (Wildman–Crippen MR) is 73.9 cm³/mol. The van der Waals surface area contributed by atoms with Crippen molar-refractivity contribution in [3.05, 3.63) is 18.2 Å². The average Bonchev–Trinajstić information content (AvgIpc) is 3.06. The summed E-state index contributed by atoms with van der Waals surface area (Å²) in [4.78, 5) is 4.52. The summed E-state index contributed by atoms with van der Waals surface area (Å²) in [6.07, 6.45) is 6.87. The second-order valence-electron chi connectivity index (χ2n) is 4.89. The number of imidazole rings is 1. The molecule has 1 atom stereocenters. The number of hydrogen-bond acceptors (Lipinski definition) is 4. The second-order valence-corrected chi connectivity index (χ2v) is 4.89. The summed E-state index contributed by atoms with van der Waals surface area (Å²) in [5, 5.41) is 3.55. The Balaban J connectivity index is 2.03. The van der Waals surface area contributed by atoms with Crippen molar-refractivity contribution in [1.82, 2.24) is 14.9 Å². The number of ether oxygens (including phenoxy) is 2. The van der Waals surface area contributed by atoms with Crippen LogP contribution in [0, 0.1) is 0 Å². The lowest BCUT2D eigenvalue weighted by Crippen LogP contribution is -2.29. The van der Waals surface area contributed by atoms with Crippen LogP contribution in [0.1, 0.15) is 45.0 Å². The fourth-order valence-corrected chi connectivity index (χ4v) is 2.40. The van der Waals surface area contributed by atoms with E-state index in [0.717, 1.165) is 38.2 Å². The monoisotopic (exact) mass is 267 g/mol. The highest BCUT2D eigenvalue weighted by Crippen LogP contribution is 2.21. The third-order valence-corrected chi connectivity index (χ3v) is 3.28. The zero-order valence-corrected chi connectivity index (χ0v) is 12.0. The van der Waals surface area contributed by atoms with Gasteiger partial charge < -0.3 is 19.4 Å². The van der Waals surface area contributed by atoms with Crippen molar-refractivity contribution in [2.24, 2.45) is 0 Å². The van der Waals surface area contributed by atoms with Gasteiger partial charge in [-0.15, -0.1) is 0 Å². The van der Waals surface area contributed by atoms with Crippen molar-refractivity contribution in [2.75, 3.05) is 19.8 Å². The number of aromatic nitrogens is 2. The topological polar surface area (TPSA) is 48.3 Å². The summed E-state index contributed by atoms with van der Waals surface area (Å²) in [7, 11) is 0. The van der Waals surface area contributed by atoms with Crippen LogP contribution in [0.3, 0.4) is 0 Å². The first-order valence-corrected chi connectivity index (χ1v) is 7.32. The highest BCUT2D eigenvalue weighted by atomic mass is 16.7. The molecule has 1 unspecified atom stereocenters. The maximum absolute atomic E-state index is 5.56. The van der Waals surface area contributed by atoms with Crippen LogP contribution in [0.2, 0.25) is 0 Å². The molecule has 1 aromatic rings. The summed E-state index contributed by atoms with van der Waals surface area (Å²) >= 11 is 0. The molecular weight excluding hydrogens is 242 g/mol. The Hall–Kier alpha value is -0.910. The Bertz CT molecular complexity index is 361. The number of nitrogens with one attached hydrogen (secondary N) is 1. The smallest absolute Gasteiger partial charge is 0.159 e. The van der Waals surface area contributed by atoms with Crippen LogP contribution in [-0.2, 0) is 16.0 Å². The number of aryl methyl sites for hydroxylation is 1. The Labute approximate surface area is 115 Å². The zero-order valence-electron chi connectivity index (χ0n) is 12.0. The summed E-state index contributed by atoms with van der Waals surface area (Å²) in [5.41, 5.74) is 0. The normalized spacial score (nSPS) is 18.0. The molecule has 108 valence electrons. The lowest BCUT2D eigenvalue weighted by molar-refractivity contribution is -0.0537. The van der Waals surface area contributed by atoms with Crippen LogP contribution in [0.25, 0.3) is 0 Å². The van der Waals surface area contributed by atoms with Crippen molar-refractivity contribution < 1.29 is 9.47 Å². The Morgan fingerprint density at radius 3 is 2.84 bits per heavy atom. The van der Waals surface area contributed by atoms with E-state index in [1.54, 1.807) is 0 Å². The molecule has 5 heteroatoms. The molecule has 1 saturated heterocycles. The molecule has 1 fully saturated rings. The van der Waals surface area contributed by atoms with Crippen molar-refractivity contribution in [3.8, 4) is 0 Å². The van der Waals surface area contributed by atoms with E-state index in [4.69, 9.17) is 9.47 Å². The maximum atomic E-state index is 5.56.